The van der Waals surface area contributed by atoms with Crippen molar-refractivity contribution in [2.45, 2.75) is 0 Å². The third kappa shape index (κ3) is 2.09. The lowest BCUT2D eigenvalue weighted by Crippen LogP contribution is -2.22. The Morgan fingerprint density at radius 1 is 1.62 bits per heavy atom. The van der Waals surface area contributed by atoms with E-state index in [1.165, 1.54) is 17.2 Å². The quantitative estimate of drug-likeness (QED) is 0.692. The summed E-state index contributed by atoms with van der Waals surface area (Å²) < 4.78 is 0. The van der Waals surface area contributed by atoms with Gasteiger partial charge in [-0.25, -0.2) is 4.98 Å². The zero-order chi connectivity index (χ0) is 10.0. The minimum atomic E-state index is -0.284. The first kappa shape index (κ1) is 9.80. The molecule has 0 bridgehead atoms. The van der Waals surface area contributed by atoms with E-state index in [2.05, 4.69) is 4.98 Å². The van der Waals surface area contributed by atoms with Gasteiger partial charge in [0.2, 0.25) is 0 Å². The Morgan fingerprint density at radius 2 is 2.23 bits per heavy atom. The monoisotopic (exact) mass is 200 g/mol. The van der Waals surface area contributed by atoms with Crippen molar-refractivity contribution in [2.24, 2.45) is 0 Å². The fourth-order valence-corrected chi connectivity index (χ4v) is 1.01. The van der Waals surface area contributed by atoms with E-state index in [4.69, 9.17) is 16.7 Å². The van der Waals surface area contributed by atoms with Crippen molar-refractivity contribution < 1.29 is 9.90 Å². The summed E-state index contributed by atoms with van der Waals surface area (Å²) in [5.41, 5.74) is 0.201. The highest BCUT2D eigenvalue weighted by Crippen LogP contribution is 2.18. The van der Waals surface area contributed by atoms with Gasteiger partial charge in [0.1, 0.15) is 10.9 Å². The van der Waals surface area contributed by atoms with Gasteiger partial charge in [0.15, 0.2) is 0 Å². The first-order valence-corrected chi connectivity index (χ1v) is 3.96. The van der Waals surface area contributed by atoms with Crippen molar-refractivity contribution in [3.8, 4) is 5.75 Å². The summed E-state index contributed by atoms with van der Waals surface area (Å²) in [6.07, 6.45) is 1.19. The Labute approximate surface area is 80.8 Å². The van der Waals surface area contributed by atoms with Gasteiger partial charge in [-0.3, -0.25) is 4.79 Å². The fourth-order valence-electron chi connectivity index (χ4n) is 0.828. The fraction of sp³-hybridized carbons (Fsp3) is 0.250. The van der Waals surface area contributed by atoms with E-state index in [-0.39, 0.29) is 22.4 Å². The number of pyridine rings is 1. The molecule has 0 aliphatic heterocycles. The summed E-state index contributed by atoms with van der Waals surface area (Å²) in [6.45, 7) is 0. The van der Waals surface area contributed by atoms with Crippen molar-refractivity contribution in [1.29, 1.82) is 0 Å². The van der Waals surface area contributed by atoms with Crippen LogP contribution in [0, 0.1) is 0 Å². The van der Waals surface area contributed by atoms with E-state index in [1.54, 1.807) is 14.1 Å². The first-order chi connectivity index (χ1) is 6.02. The molecule has 1 N–H and O–H groups in total. The van der Waals surface area contributed by atoms with Crippen LogP contribution in [0.1, 0.15) is 10.4 Å². The van der Waals surface area contributed by atoms with Crippen LogP contribution in [0.2, 0.25) is 5.15 Å². The van der Waals surface area contributed by atoms with E-state index in [9.17, 15) is 4.79 Å². The first-order valence-electron chi connectivity index (χ1n) is 3.58. The lowest BCUT2D eigenvalue weighted by molar-refractivity contribution is 0.0827. The SMILES string of the molecule is CN(C)C(=O)c1cc(O)cnc1Cl. The Hall–Kier alpha value is -1.29. The highest BCUT2D eigenvalue weighted by Gasteiger charge is 2.13. The van der Waals surface area contributed by atoms with Gasteiger partial charge in [-0.1, -0.05) is 11.6 Å². The number of halogens is 1. The number of carbonyl (C=O) groups excluding carboxylic acids is 1. The second-order valence-corrected chi connectivity index (χ2v) is 3.09. The minimum Gasteiger partial charge on any atom is -0.506 e. The van der Waals surface area contributed by atoms with E-state index >= 15 is 0 Å². The molecule has 1 rings (SSSR count). The van der Waals surface area contributed by atoms with Gasteiger partial charge in [-0.05, 0) is 6.07 Å². The molecule has 0 aromatic carbocycles. The second kappa shape index (κ2) is 3.62. The van der Waals surface area contributed by atoms with Gasteiger partial charge in [0, 0.05) is 14.1 Å². The van der Waals surface area contributed by atoms with Crippen molar-refractivity contribution >= 4 is 17.5 Å². The summed E-state index contributed by atoms with van der Waals surface area (Å²) >= 11 is 5.67. The van der Waals surface area contributed by atoms with Crippen LogP contribution in [0.3, 0.4) is 0 Å². The van der Waals surface area contributed by atoms with Gasteiger partial charge in [0.05, 0.1) is 11.8 Å². The predicted octanol–water partition coefficient (Wildman–Crippen LogP) is 1.14. The number of carbonyl (C=O) groups is 1. The van der Waals surface area contributed by atoms with Crippen LogP contribution in [-0.2, 0) is 0 Å². The molecule has 0 aliphatic rings. The predicted molar refractivity (Wildman–Crippen MR) is 48.9 cm³/mol. The molecule has 0 radical (unpaired) electrons. The molecule has 0 unspecified atom stereocenters. The lowest BCUT2D eigenvalue weighted by Gasteiger charge is -2.10. The number of aromatic nitrogens is 1. The van der Waals surface area contributed by atoms with Crippen LogP contribution in [-0.4, -0.2) is 35.0 Å². The van der Waals surface area contributed by atoms with E-state index in [1.807, 2.05) is 0 Å². The van der Waals surface area contributed by atoms with Crippen molar-refractivity contribution in [3.05, 3.63) is 23.0 Å². The van der Waals surface area contributed by atoms with Crippen LogP contribution in [0.25, 0.3) is 0 Å². The molecule has 0 atom stereocenters. The number of amides is 1. The Kier molecular flexibility index (Phi) is 2.72. The van der Waals surface area contributed by atoms with Gasteiger partial charge < -0.3 is 10.0 Å². The number of aromatic hydroxyl groups is 1. The van der Waals surface area contributed by atoms with Gasteiger partial charge in [0.25, 0.3) is 5.91 Å². The zero-order valence-electron chi connectivity index (χ0n) is 7.28. The van der Waals surface area contributed by atoms with Gasteiger partial charge >= 0.3 is 0 Å². The summed E-state index contributed by atoms with van der Waals surface area (Å²) in [5, 5.41) is 9.17. The largest absolute Gasteiger partial charge is 0.506 e. The number of hydrogen-bond acceptors (Lipinski definition) is 3. The van der Waals surface area contributed by atoms with Crippen molar-refractivity contribution in [1.82, 2.24) is 9.88 Å². The Morgan fingerprint density at radius 3 is 2.77 bits per heavy atom. The summed E-state index contributed by atoms with van der Waals surface area (Å²) in [6, 6.07) is 1.29. The molecule has 0 fully saturated rings. The molecule has 1 aromatic rings. The number of rotatable bonds is 1. The molecule has 5 heteroatoms. The van der Waals surface area contributed by atoms with Crippen molar-refractivity contribution in [2.75, 3.05) is 14.1 Å². The third-order valence-electron chi connectivity index (χ3n) is 1.46. The van der Waals surface area contributed by atoms with Crippen LogP contribution in [0.15, 0.2) is 12.3 Å². The van der Waals surface area contributed by atoms with Crippen LogP contribution in [0.4, 0.5) is 0 Å². The Balaban J connectivity index is 3.13. The topological polar surface area (TPSA) is 53.4 Å². The molecule has 0 aliphatic carbocycles. The zero-order valence-corrected chi connectivity index (χ0v) is 8.04. The lowest BCUT2D eigenvalue weighted by atomic mass is 10.2. The van der Waals surface area contributed by atoms with Crippen LogP contribution in [0.5, 0.6) is 5.75 Å². The van der Waals surface area contributed by atoms with Crippen LogP contribution >= 0.6 is 11.6 Å². The Bertz CT molecular complexity index is 339. The molecule has 1 heterocycles. The average Bonchev–Trinajstić information content (AvgIpc) is 2.08. The third-order valence-corrected chi connectivity index (χ3v) is 1.76. The summed E-state index contributed by atoms with van der Waals surface area (Å²) in [7, 11) is 3.20. The maximum absolute atomic E-state index is 11.4. The standard InChI is InChI=1S/C8H9ClN2O2/c1-11(2)8(13)6-3-5(12)4-10-7(6)9/h3-4,12H,1-2H3. The smallest absolute Gasteiger partial charge is 0.256 e. The maximum atomic E-state index is 11.4. The normalized spacial score (nSPS) is 9.77. The molecule has 0 spiro atoms. The average molecular weight is 201 g/mol. The number of nitrogens with zero attached hydrogens (tertiary/aromatic N) is 2. The van der Waals surface area contributed by atoms with E-state index in [0.29, 0.717) is 0 Å². The highest BCUT2D eigenvalue weighted by atomic mass is 35.5. The number of hydrogen-bond donors (Lipinski definition) is 1. The molecular weight excluding hydrogens is 192 g/mol. The molecule has 13 heavy (non-hydrogen) atoms. The molecule has 0 saturated heterocycles. The molecule has 4 nitrogen and oxygen atoms in total. The summed E-state index contributed by atoms with van der Waals surface area (Å²) in [4.78, 5) is 16.4. The van der Waals surface area contributed by atoms with Gasteiger partial charge in [-0.2, -0.15) is 0 Å². The summed E-state index contributed by atoms with van der Waals surface area (Å²) in [5.74, 6) is -0.358. The van der Waals surface area contributed by atoms with Gasteiger partial charge in [-0.15, -0.1) is 0 Å². The molecule has 1 aromatic heterocycles. The molecule has 1 amide bonds. The molecular formula is C8H9ClN2O2. The maximum Gasteiger partial charge on any atom is 0.256 e. The van der Waals surface area contributed by atoms with E-state index < -0.39 is 0 Å². The minimum absolute atomic E-state index is 0.0744. The van der Waals surface area contributed by atoms with Crippen LogP contribution < -0.4 is 0 Å². The molecule has 0 saturated carbocycles. The van der Waals surface area contributed by atoms with Crippen molar-refractivity contribution in [3.63, 3.8) is 0 Å². The molecule has 70 valence electrons. The van der Waals surface area contributed by atoms with E-state index in [0.717, 1.165) is 0 Å². The highest BCUT2D eigenvalue weighted by molar-refractivity contribution is 6.32. The second-order valence-electron chi connectivity index (χ2n) is 2.73.